The van der Waals surface area contributed by atoms with Gasteiger partial charge in [0.05, 0.1) is 12.2 Å². The highest BCUT2D eigenvalue weighted by molar-refractivity contribution is 6.44. The lowest BCUT2D eigenvalue weighted by Gasteiger charge is -2.27. The van der Waals surface area contributed by atoms with E-state index in [9.17, 15) is 0 Å². The van der Waals surface area contributed by atoms with Crippen molar-refractivity contribution < 1.29 is 27.2 Å². The minimum Gasteiger partial charge on any atom is -0.400 e. The molecular formula is C22H51NO6Si2. The van der Waals surface area contributed by atoms with E-state index in [-0.39, 0.29) is 12.2 Å². The predicted molar refractivity (Wildman–Crippen MR) is 133 cm³/mol. The third kappa shape index (κ3) is 18.3. The van der Waals surface area contributed by atoms with E-state index in [0.29, 0.717) is 0 Å². The summed E-state index contributed by atoms with van der Waals surface area (Å²) in [6.07, 6.45) is 7.35. The first-order valence-electron chi connectivity index (χ1n) is 12.1. The normalized spacial score (nSPS) is 14.1. The molecule has 0 amide bonds. The summed E-state index contributed by atoms with van der Waals surface area (Å²) in [5.74, 6) is 0. The third-order valence-electron chi connectivity index (χ3n) is 5.50. The molecule has 0 spiro atoms. The van der Waals surface area contributed by atoms with Crippen LogP contribution < -0.4 is 0 Å². The number of likely N-dealkylation sites (N-methyl/N-ethyl adjacent to an activating group) is 1. The lowest BCUT2D eigenvalue weighted by molar-refractivity contribution is 0.00583. The second kappa shape index (κ2) is 22.0. The van der Waals surface area contributed by atoms with Crippen LogP contribution in [0.15, 0.2) is 0 Å². The summed E-state index contributed by atoms with van der Waals surface area (Å²) in [5, 5.41) is 0. The molecular weight excluding hydrogens is 430 g/mol. The SMILES string of the molecule is CCN(CC(C)OCCCCC[SiH](OC)OC)CC(C)OCCCCC[SiH](OC)OC. The zero-order chi connectivity index (χ0) is 23.3. The third-order valence-corrected chi connectivity index (χ3v) is 9.36. The predicted octanol–water partition coefficient (Wildman–Crippen LogP) is 3.49. The fourth-order valence-corrected chi connectivity index (χ4v) is 6.15. The van der Waals surface area contributed by atoms with Crippen molar-refractivity contribution in [3.05, 3.63) is 0 Å². The molecule has 0 aliphatic carbocycles. The van der Waals surface area contributed by atoms with E-state index >= 15 is 0 Å². The van der Waals surface area contributed by atoms with Gasteiger partial charge in [0.1, 0.15) is 0 Å². The zero-order valence-electron chi connectivity index (χ0n) is 21.4. The lowest BCUT2D eigenvalue weighted by atomic mass is 10.2. The van der Waals surface area contributed by atoms with Crippen molar-refractivity contribution in [2.24, 2.45) is 0 Å². The van der Waals surface area contributed by atoms with Gasteiger partial charge < -0.3 is 27.2 Å². The van der Waals surface area contributed by atoms with E-state index in [4.69, 9.17) is 27.2 Å². The first-order chi connectivity index (χ1) is 15.0. The van der Waals surface area contributed by atoms with Gasteiger partial charge in [-0.05, 0) is 45.3 Å². The summed E-state index contributed by atoms with van der Waals surface area (Å²) in [6.45, 7) is 11.1. The number of rotatable bonds is 23. The van der Waals surface area contributed by atoms with Crippen molar-refractivity contribution in [1.82, 2.24) is 4.90 Å². The molecule has 0 radical (unpaired) electrons. The maximum atomic E-state index is 6.03. The van der Waals surface area contributed by atoms with Crippen LogP contribution in [0.25, 0.3) is 0 Å². The van der Waals surface area contributed by atoms with Gasteiger partial charge in [-0.3, -0.25) is 4.90 Å². The average molecular weight is 482 g/mol. The Labute approximate surface area is 195 Å². The molecule has 9 heteroatoms. The number of nitrogens with zero attached hydrogens (tertiary/aromatic N) is 1. The number of unbranched alkanes of at least 4 members (excludes halogenated alkanes) is 4. The molecule has 0 aliphatic rings. The van der Waals surface area contributed by atoms with Crippen molar-refractivity contribution in [3.63, 3.8) is 0 Å². The summed E-state index contributed by atoms with van der Waals surface area (Å²) in [7, 11) is 4.22. The Kier molecular flexibility index (Phi) is 22.1. The molecule has 0 rings (SSSR count). The Bertz CT molecular complexity index is 344. The molecule has 0 fully saturated rings. The van der Waals surface area contributed by atoms with E-state index in [2.05, 4.69) is 25.7 Å². The van der Waals surface area contributed by atoms with Crippen LogP contribution in [0.2, 0.25) is 12.1 Å². The van der Waals surface area contributed by atoms with Crippen molar-refractivity contribution in [1.29, 1.82) is 0 Å². The van der Waals surface area contributed by atoms with Crippen molar-refractivity contribution in [2.45, 2.75) is 83.6 Å². The highest BCUT2D eigenvalue weighted by Gasteiger charge is 2.14. The minimum atomic E-state index is -1.39. The van der Waals surface area contributed by atoms with Gasteiger partial charge in [-0.2, -0.15) is 0 Å². The number of hydrogen-bond donors (Lipinski definition) is 0. The Hall–Kier alpha value is 0.154. The molecule has 0 saturated heterocycles. The largest absolute Gasteiger partial charge is 0.400 e. The second-order valence-electron chi connectivity index (χ2n) is 8.22. The van der Waals surface area contributed by atoms with Gasteiger partial charge in [0.25, 0.3) is 0 Å². The monoisotopic (exact) mass is 481 g/mol. The Morgan fingerprint density at radius 3 is 1.32 bits per heavy atom. The van der Waals surface area contributed by atoms with Crippen LogP contribution in [0.1, 0.15) is 59.3 Å². The van der Waals surface area contributed by atoms with Gasteiger partial charge in [0.15, 0.2) is 0 Å². The molecule has 0 heterocycles. The number of hydrogen-bond acceptors (Lipinski definition) is 7. The first-order valence-corrected chi connectivity index (χ1v) is 15.6. The molecule has 0 aromatic heterocycles. The topological polar surface area (TPSA) is 58.6 Å². The van der Waals surface area contributed by atoms with Gasteiger partial charge >= 0.3 is 18.6 Å². The standard InChI is InChI=1S/C22H51NO6Si2/c1-8-23(19-21(2)28-15-11-9-13-17-30(24-4)25-5)20-22(3)29-16-12-10-14-18-31(26-6)27-7/h21-22,30-31H,8-20H2,1-7H3. The molecule has 31 heavy (non-hydrogen) atoms. The highest BCUT2D eigenvalue weighted by atomic mass is 28.3. The fraction of sp³-hybridized carbons (Fsp3) is 1.00. The van der Waals surface area contributed by atoms with Gasteiger partial charge in [-0.1, -0.05) is 32.6 Å². The van der Waals surface area contributed by atoms with Gasteiger partial charge in [-0.25, -0.2) is 0 Å². The Morgan fingerprint density at radius 2 is 1.00 bits per heavy atom. The fourth-order valence-electron chi connectivity index (χ4n) is 3.58. The molecule has 188 valence electrons. The van der Waals surface area contributed by atoms with E-state index in [0.717, 1.165) is 70.6 Å². The van der Waals surface area contributed by atoms with Crippen LogP contribution in [0.5, 0.6) is 0 Å². The second-order valence-corrected chi connectivity index (χ2v) is 13.0. The van der Waals surface area contributed by atoms with Crippen LogP contribution in [0.4, 0.5) is 0 Å². The summed E-state index contributed by atoms with van der Waals surface area (Å²) >= 11 is 0. The van der Waals surface area contributed by atoms with E-state index in [1.54, 1.807) is 28.4 Å². The maximum Gasteiger partial charge on any atom is 0.320 e. The quantitative estimate of drug-likeness (QED) is 0.164. The zero-order valence-corrected chi connectivity index (χ0v) is 23.7. The van der Waals surface area contributed by atoms with E-state index < -0.39 is 18.6 Å². The van der Waals surface area contributed by atoms with Gasteiger partial charge in [0, 0.05) is 54.7 Å². The molecule has 0 aromatic carbocycles. The number of ether oxygens (including phenoxy) is 2. The lowest BCUT2D eigenvalue weighted by Crippen LogP contribution is -2.38. The van der Waals surface area contributed by atoms with E-state index in [1.807, 2.05) is 0 Å². The molecule has 7 nitrogen and oxygen atoms in total. The molecule has 0 N–H and O–H groups in total. The van der Waals surface area contributed by atoms with E-state index in [1.165, 1.54) is 12.8 Å². The molecule has 0 saturated carbocycles. The van der Waals surface area contributed by atoms with Gasteiger partial charge in [0.2, 0.25) is 0 Å². The van der Waals surface area contributed by atoms with Gasteiger partial charge in [-0.15, -0.1) is 0 Å². The van der Waals surface area contributed by atoms with Crippen molar-refractivity contribution >= 4 is 18.6 Å². The molecule has 2 atom stereocenters. The van der Waals surface area contributed by atoms with Crippen LogP contribution in [0, 0.1) is 0 Å². The maximum absolute atomic E-state index is 6.03. The summed E-state index contributed by atoms with van der Waals surface area (Å²) in [6, 6.07) is 2.15. The summed E-state index contributed by atoms with van der Waals surface area (Å²) in [5.41, 5.74) is 0. The molecule has 0 aliphatic heterocycles. The van der Waals surface area contributed by atoms with Crippen LogP contribution in [0.3, 0.4) is 0 Å². The van der Waals surface area contributed by atoms with Crippen LogP contribution in [-0.2, 0) is 27.2 Å². The Morgan fingerprint density at radius 1 is 0.613 bits per heavy atom. The smallest absolute Gasteiger partial charge is 0.320 e. The van der Waals surface area contributed by atoms with Crippen LogP contribution in [-0.4, -0.2) is 97.0 Å². The minimum absolute atomic E-state index is 0.242. The van der Waals surface area contributed by atoms with Crippen molar-refractivity contribution in [2.75, 3.05) is 61.3 Å². The molecule has 2 unspecified atom stereocenters. The first kappa shape index (κ1) is 31.2. The molecule has 0 aromatic rings. The summed E-state index contributed by atoms with van der Waals surface area (Å²) < 4.78 is 33.5. The Balaban J connectivity index is 3.78. The summed E-state index contributed by atoms with van der Waals surface area (Å²) in [4.78, 5) is 2.43. The average Bonchev–Trinajstić information content (AvgIpc) is 2.77. The van der Waals surface area contributed by atoms with Crippen molar-refractivity contribution in [3.8, 4) is 0 Å². The molecule has 0 bridgehead atoms. The van der Waals surface area contributed by atoms with Crippen LogP contribution >= 0.6 is 0 Å². The highest BCUT2D eigenvalue weighted by Crippen LogP contribution is 2.09.